The Kier molecular flexibility index (Phi) is 8.52. The van der Waals surface area contributed by atoms with E-state index in [9.17, 15) is 9.59 Å². The van der Waals surface area contributed by atoms with E-state index in [4.69, 9.17) is 0 Å². The number of hydrogen-bond donors (Lipinski definition) is 3. The number of amides is 2. The minimum absolute atomic E-state index is 0.0121. The van der Waals surface area contributed by atoms with E-state index in [1.807, 2.05) is 20.8 Å². The molecular formula is C11H23N3O2. The predicted octanol–water partition coefficient (Wildman–Crippen LogP) is -0.126. The summed E-state index contributed by atoms with van der Waals surface area (Å²) in [5.41, 5.74) is 0. The van der Waals surface area contributed by atoms with Crippen molar-refractivity contribution in [2.24, 2.45) is 5.92 Å². The van der Waals surface area contributed by atoms with Crippen LogP contribution in [0.4, 0.5) is 0 Å². The molecule has 0 atom stereocenters. The SMILES string of the molecule is CCCNCC(=O)NCCNC(=O)C(C)C. The third kappa shape index (κ3) is 8.23. The monoisotopic (exact) mass is 229 g/mol. The second-order valence-electron chi connectivity index (χ2n) is 3.97. The maximum absolute atomic E-state index is 11.2. The topological polar surface area (TPSA) is 70.2 Å². The van der Waals surface area contributed by atoms with Gasteiger partial charge in [-0.05, 0) is 13.0 Å². The lowest BCUT2D eigenvalue weighted by Crippen LogP contribution is -2.39. The molecule has 16 heavy (non-hydrogen) atoms. The molecule has 94 valence electrons. The van der Waals surface area contributed by atoms with E-state index in [1.54, 1.807) is 0 Å². The predicted molar refractivity (Wildman–Crippen MR) is 64.0 cm³/mol. The first kappa shape index (κ1) is 14.9. The summed E-state index contributed by atoms with van der Waals surface area (Å²) in [5, 5.41) is 8.45. The average Bonchev–Trinajstić information content (AvgIpc) is 2.24. The minimum atomic E-state index is -0.0350. The van der Waals surface area contributed by atoms with Gasteiger partial charge in [0.2, 0.25) is 11.8 Å². The van der Waals surface area contributed by atoms with Crippen molar-refractivity contribution >= 4 is 11.8 Å². The highest BCUT2D eigenvalue weighted by Crippen LogP contribution is 1.88. The Morgan fingerprint density at radius 2 is 1.69 bits per heavy atom. The molecule has 0 aromatic carbocycles. The molecule has 0 fully saturated rings. The lowest BCUT2D eigenvalue weighted by atomic mass is 10.2. The molecule has 0 aromatic rings. The van der Waals surface area contributed by atoms with Crippen LogP contribution in [0.1, 0.15) is 27.2 Å². The van der Waals surface area contributed by atoms with E-state index in [0.717, 1.165) is 13.0 Å². The van der Waals surface area contributed by atoms with Crippen LogP contribution < -0.4 is 16.0 Å². The van der Waals surface area contributed by atoms with Gasteiger partial charge in [-0.15, -0.1) is 0 Å². The summed E-state index contributed by atoms with van der Waals surface area (Å²) in [5.74, 6) is -0.0347. The maximum atomic E-state index is 11.2. The number of carbonyl (C=O) groups excluding carboxylic acids is 2. The van der Waals surface area contributed by atoms with Gasteiger partial charge in [0.1, 0.15) is 0 Å². The lowest BCUT2D eigenvalue weighted by Gasteiger charge is -2.09. The Hall–Kier alpha value is -1.10. The smallest absolute Gasteiger partial charge is 0.234 e. The van der Waals surface area contributed by atoms with Gasteiger partial charge < -0.3 is 16.0 Å². The van der Waals surface area contributed by atoms with Crippen LogP contribution in [-0.4, -0.2) is 38.0 Å². The summed E-state index contributed by atoms with van der Waals surface area (Å²) in [4.78, 5) is 22.4. The molecule has 5 nitrogen and oxygen atoms in total. The minimum Gasteiger partial charge on any atom is -0.354 e. The van der Waals surface area contributed by atoms with Crippen molar-refractivity contribution < 1.29 is 9.59 Å². The molecule has 5 heteroatoms. The number of hydrogen-bond acceptors (Lipinski definition) is 3. The van der Waals surface area contributed by atoms with E-state index < -0.39 is 0 Å². The van der Waals surface area contributed by atoms with Gasteiger partial charge in [-0.3, -0.25) is 9.59 Å². The normalized spacial score (nSPS) is 10.2. The zero-order valence-corrected chi connectivity index (χ0v) is 10.4. The second-order valence-corrected chi connectivity index (χ2v) is 3.97. The van der Waals surface area contributed by atoms with Gasteiger partial charge >= 0.3 is 0 Å². The first-order valence-electron chi connectivity index (χ1n) is 5.83. The summed E-state index contributed by atoms with van der Waals surface area (Å²) in [6.45, 7) is 7.86. The second kappa shape index (κ2) is 9.15. The molecule has 0 aromatic heterocycles. The van der Waals surface area contributed by atoms with Gasteiger partial charge in [-0.1, -0.05) is 20.8 Å². The highest BCUT2D eigenvalue weighted by atomic mass is 16.2. The van der Waals surface area contributed by atoms with Crippen LogP contribution in [0.15, 0.2) is 0 Å². The van der Waals surface area contributed by atoms with Gasteiger partial charge in [0.05, 0.1) is 6.54 Å². The fourth-order valence-electron chi connectivity index (χ4n) is 1.03. The van der Waals surface area contributed by atoms with Gasteiger partial charge in [0.15, 0.2) is 0 Å². The number of rotatable bonds is 8. The Labute approximate surface area is 97.4 Å². The zero-order valence-electron chi connectivity index (χ0n) is 10.4. The molecule has 0 aliphatic rings. The molecule has 0 rings (SSSR count). The summed E-state index contributed by atoms with van der Waals surface area (Å²) in [6, 6.07) is 0. The van der Waals surface area contributed by atoms with E-state index >= 15 is 0 Å². The van der Waals surface area contributed by atoms with Crippen molar-refractivity contribution in [1.29, 1.82) is 0 Å². The van der Waals surface area contributed by atoms with Gasteiger partial charge in [0.25, 0.3) is 0 Å². The van der Waals surface area contributed by atoms with Crippen LogP contribution in [0.2, 0.25) is 0 Å². The molecule has 0 radical (unpaired) electrons. The third-order valence-electron chi connectivity index (χ3n) is 1.98. The molecule has 0 spiro atoms. The largest absolute Gasteiger partial charge is 0.354 e. The van der Waals surface area contributed by atoms with Crippen molar-refractivity contribution in [2.45, 2.75) is 27.2 Å². The molecule has 0 aliphatic carbocycles. The Morgan fingerprint density at radius 1 is 1.06 bits per heavy atom. The average molecular weight is 229 g/mol. The fraction of sp³-hybridized carbons (Fsp3) is 0.818. The Balaban J connectivity index is 3.37. The van der Waals surface area contributed by atoms with Crippen LogP contribution in [0.3, 0.4) is 0 Å². The van der Waals surface area contributed by atoms with E-state index in [2.05, 4.69) is 16.0 Å². The van der Waals surface area contributed by atoms with Gasteiger partial charge in [-0.25, -0.2) is 0 Å². The molecule has 0 aliphatic heterocycles. The highest BCUT2D eigenvalue weighted by Gasteiger charge is 2.05. The highest BCUT2D eigenvalue weighted by molar-refractivity contribution is 5.79. The van der Waals surface area contributed by atoms with Gasteiger partial charge in [-0.2, -0.15) is 0 Å². The molecule has 2 amide bonds. The van der Waals surface area contributed by atoms with E-state index in [1.165, 1.54) is 0 Å². The maximum Gasteiger partial charge on any atom is 0.234 e. The van der Waals surface area contributed by atoms with Crippen LogP contribution in [0.25, 0.3) is 0 Å². The van der Waals surface area contributed by atoms with Crippen molar-refractivity contribution in [3.8, 4) is 0 Å². The van der Waals surface area contributed by atoms with Crippen LogP contribution >= 0.6 is 0 Å². The van der Waals surface area contributed by atoms with Crippen molar-refractivity contribution in [1.82, 2.24) is 16.0 Å². The first-order chi connectivity index (χ1) is 7.57. The third-order valence-corrected chi connectivity index (χ3v) is 1.98. The number of carbonyl (C=O) groups is 2. The Morgan fingerprint density at radius 3 is 2.25 bits per heavy atom. The Bertz CT molecular complexity index is 217. The van der Waals surface area contributed by atoms with Crippen LogP contribution in [-0.2, 0) is 9.59 Å². The summed E-state index contributed by atoms with van der Waals surface area (Å²) in [7, 11) is 0. The number of nitrogens with one attached hydrogen (secondary N) is 3. The van der Waals surface area contributed by atoms with E-state index in [0.29, 0.717) is 19.6 Å². The standard InChI is InChI=1S/C11H23N3O2/c1-4-5-12-8-10(15)13-6-7-14-11(16)9(2)3/h9,12H,4-8H2,1-3H3,(H,13,15)(H,14,16). The fourth-order valence-corrected chi connectivity index (χ4v) is 1.03. The molecule has 0 heterocycles. The molecular weight excluding hydrogens is 206 g/mol. The van der Waals surface area contributed by atoms with Crippen LogP contribution in [0, 0.1) is 5.92 Å². The van der Waals surface area contributed by atoms with Gasteiger partial charge in [0, 0.05) is 19.0 Å². The molecule has 0 bridgehead atoms. The zero-order chi connectivity index (χ0) is 12.4. The van der Waals surface area contributed by atoms with Crippen LogP contribution in [0.5, 0.6) is 0 Å². The summed E-state index contributed by atoms with van der Waals surface area (Å²) < 4.78 is 0. The molecule has 0 saturated heterocycles. The molecule has 0 unspecified atom stereocenters. The molecule has 3 N–H and O–H groups in total. The van der Waals surface area contributed by atoms with Crippen molar-refractivity contribution in [3.63, 3.8) is 0 Å². The summed E-state index contributed by atoms with van der Waals surface area (Å²) in [6.07, 6.45) is 1.01. The summed E-state index contributed by atoms with van der Waals surface area (Å²) >= 11 is 0. The lowest BCUT2D eigenvalue weighted by molar-refractivity contribution is -0.124. The molecule has 0 saturated carbocycles. The quantitative estimate of drug-likeness (QED) is 0.508. The van der Waals surface area contributed by atoms with E-state index in [-0.39, 0.29) is 17.7 Å². The van der Waals surface area contributed by atoms with Crippen molar-refractivity contribution in [2.75, 3.05) is 26.2 Å². The first-order valence-corrected chi connectivity index (χ1v) is 5.83. The van der Waals surface area contributed by atoms with Crippen molar-refractivity contribution in [3.05, 3.63) is 0 Å².